The molecule has 1 atom stereocenters. The van der Waals surface area contributed by atoms with Crippen molar-refractivity contribution in [3.63, 3.8) is 0 Å². The fourth-order valence-electron chi connectivity index (χ4n) is 1.92. The minimum absolute atomic E-state index is 0.0596. The van der Waals surface area contributed by atoms with E-state index in [1.54, 1.807) is 13.2 Å². The minimum atomic E-state index is -0.909. The van der Waals surface area contributed by atoms with Gasteiger partial charge in [-0.1, -0.05) is 25.5 Å². The van der Waals surface area contributed by atoms with Crippen LogP contribution in [0, 0.1) is 0 Å². The summed E-state index contributed by atoms with van der Waals surface area (Å²) in [6.45, 7) is 1.95. The Morgan fingerprint density at radius 3 is 2.52 bits per heavy atom. The highest BCUT2D eigenvalue weighted by Crippen LogP contribution is 2.12. The molecule has 1 rings (SSSR count). The van der Waals surface area contributed by atoms with Crippen LogP contribution in [0.5, 0.6) is 5.75 Å². The maximum Gasteiger partial charge on any atom is 0.305 e. The van der Waals surface area contributed by atoms with Gasteiger partial charge in [0.1, 0.15) is 5.75 Å². The number of hydrogen-bond acceptors (Lipinski definition) is 3. The summed E-state index contributed by atoms with van der Waals surface area (Å²) in [6, 6.07) is 6.96. The summed E-state index contributed by atoms with van der Waals surface area (Å²) >= 11 is 0. The second-order valence-corrected chi connectivity index (χ2v) is 4.70. The Labute approximate surface area is 124 Å². The molecule has 2 N–H and O–H groups in total. The normalized spacial score (nSPS) is 12.1. The molecule has 0 saturated carbocycles. The lowest BCUT2D eigenvalue weighted by Gasteiger charge is -2.14. The lowest BCUT2D eigenvalue weighted by atomic mass is 10.1. The van der Waals surface area contributed by atoms with Gasteiger partial charge in [-0.15, -0.1) is 0 Å². The van der Waals surface area contributed by atoms with E-state index in [0.29, 0.717) is 6.42 Å². The molecule has 114 valence electrons. The van der Waals surface area contributed by atoms with Crippen molar-refractivity contribution in [1.29, 1.82) is 0 Å². The highest BCUT2D eigenvalue weighted by Gasteiger charge is 2.13. The topological polar surface area (TPSA) is 75.6 Å². The summed E-state index contributed by atoms with van der Waals surface area (Å²) in [4.78, 5) is 22.5. The molecule has 0 aliphatic carbocycles. The van der Waals surface area contributed by atoms with Gasteiger partial charge < -0.3 is 15.2 Å². The van der Waals surface area contributed by atoms with E-state index < -0.39 is 5.97 Å². The highest BCUT2D eigenvalue weighted by atomic mass is 16.5. The molecular weight excluding hydrogens is 270 g/mol. The molecule has 1 unspecified atom stereocenters. The van der Waals surface area contributed by atoms with Crippen LogP contribution < -0.4 is 10.1 Å². The molecule has 21 heavy (non-hydrogen) atoms. The Balaban J connectivity index is 2.57. The Kier molecular flexibility index (Phi) is 7.01. The quantitative estimate of drug-likeness (QED) is 0.721. The van der Waals surface area contributed by atoms with Gasteiger partial charge in [0.2, 0.25) is 5.91 Å². The molecule has 5 heteroatoms. The van der Waals surface area contributed by atoms with Crippen molar-refractivity contribution in [2.24, 2.45) is 0 Å². The number of carbonyl (C=O) groups is 2. The second kappa shape index (κ2) is 8.79. The Bertz CT molecular complexity index is 494. The van der Waals surface area contributed by atoms with E-state index in [2.05, 4.69) is 5.32 Å². The largest absolute Gasteiger partial charge is 0.497 e. The van der Waals surface area contributed by atoms with Crippen LogP contribution in [0.25, 0.3) is 6.08 Å². The number of ether oxygens (including phenoxy) is 1. The van der Waals surface area contributed by atoms with Crippen LogP contribution in [0.3, 0.4) is 0 Å². The average Bonchev–Trinajstić information content (AvgIpc) is 2.45. The summed E-state index contributed by atoms with van der Waals surface area (Å²) in [6.07, 6.45) is 4.50. The molecule has 0 fully saturated rings. The maximum absolute atomic E-state index is 11.8. The zero-order valence-corrected chi connectivity index (χ0v) is 12.3. The Hall–Kier alpha value is -2.30. The first kappa shape index (κ1) is 16.8. The number of carboxylic acid groups (broad SMARTS) is 1. The molecule has 0 saturated heterocycles. The van der Waals surface area contributed by atoms with E-state index in [-0.39, 0.29) is 18.4 Å². The van der Waals surface area contributed by atoms with Gasteiger partial charge in [-0.3, -0.25) is 9.59 Å². The van der Waals surface area contributed by atoms with Crippen molar-refractivity contribution in [3.05, 3.63) is 35.9 Å². The number of amides is 1. The summed E-state index contributed by atoms with van der Waals surface area (Å²) in [5.41, 5.74) is 0.872. The molecule has 1 amide bonds. The van der Waals surface area contributed by atoms with Crippen LogP contribution in [0.1, 0.15) is 31.7 Å². The number of nitrogens with one attached hydrogen (secondary N) is 1. The SMILES string of the molecule is CCCC(CC(=O)O)NC(=O)/C=C/c1ccc(OC)cc1. The van der Waals surface area contributed by atoms with Crippen LogP contribution in [0.2, 0.25) is 0 Å². The first-order valence-electron chi connectivity index (χ1n) is 6.89. The van der Waals surface area contributed by atoms with Crippen molar-refractivity contribution >= 4 is 18.0 Å². The number of methoxy groups -OCH3 is 1. The van der Waals surface area contributed by atoms with Crippen molar-refractivity contribution in [3.8, 4) is 5.75 Å². The zero-order chi connectivity index (χ0) is 15.7. The monoisotopic (exact) mass is 291 g/mol. The van der Waals surface area contributed by atoms with Gasteiger partial charge in [-0.05, 0) is 30.2 Å². The van der Waals surface area contributed by atoms with Gasteiger partial charge in [0.05, 0.1) is 13.5 Å². The summed E-state index contributed by atoms with van der Waals surface area (Å²) in [7, 11) is 1.59. The summed E-state index contributed by atoms with van der Waals surface area (Å²) < 4.78 is 5.05. The lowest BCUT2D eigenvalue weighted by Crippen LogP contribution is -2.35. The fourth-order valence-corrected chi connectivity index (χ4v) is 1.92. The molecule has 0 heterocycles. The predicted molar refractivity (Wildman–Crippen MR) is 81.1 cm³/mol. The van der Waals surface area contributed by atoms with Gasteiger partial charge in [-0.25, -0.2) is 0 Å². The lowest BCUT2D eigenvalue weighted by molar-refractivity contribution is -0.137. The van der Waals surface area contributed by atoms with E-state index in [1.807, 2.05) is 31.2 Å². The molecule has 0 aliphatic heterocycles. The third kappa shape index (κ3) is 6.61. The fraction of sp³-hybridized carbons (Fsp3) is 0.375. The molecule has 0 aliphatic rings. The van der Waals surface area contributed by atoms with E-state index in [1.165, 1.54) is 6.08 Å². The Morgan fingerprint density at radius 2 is 2.00 bits per heavy atom. The highest BCUT2D eigenvalue weighted by molar-refractivity contribution is 5.92. The average molecular weight is 291 g/mol. The molecule has 0 aromatic heterocycles. The third-order valence-electron chi connectivity index (χ3n) is 2.95. The second-order valence-electron chi connectivity index (χ2n) is 4.70. The molecule has 5 nitrogen and oxygen atoms in total. The van der Waals surface area contributed by atoms with Crippen LogP contribution in [-0.4, -0.2) is 30.1 Å². The number of aliphatic carboxylic acids is 1. The van der Waals surface area contributed by atoms with Gasteiger partial charge in [0.25, 0.3) is 0 Å². The zero-order valence-electron chi connectivity index (χ0n) is 12.3. The summed E-state index contributed by atoms with van der Waals surface area (Å²) in [5, 5.41) is 11.5. The van der Waals surface area contributed by atoms with Crippen LogP contribution in [0.4, 0.5) is 0 Å². The van der Waals surface area contributed by atoms with Gasteiger partial charge >= 0.3 is 5.97 Å². The standard InChI is InChI=1S/C16H21NO4/c1-3-4-13(11-16(19)20)17-15(18)10-7-12-5-8-14(21-2)9-6-12/h5-10,13H,3-4,11H2,1-2H3,(H,17,18)(H,19,20)/b10-7+. The molecule has 1 aromatic rings. The first-order chi connectivity index (χ1) is 10.0. The molecular formula is C16H21NO4. The number of carbonyl (C=O) groups excluding carboxylic acids is 1. The Morgan fingerprint density at radius 1 is 1.33 bits per heavy atom. The smallest absolute Gasteiger partial charge is 0.305 e. The maximum atomic E-state index is 11.8. The molecule has 0 radical (unpaired) electrons. The van der Waals surface area contributed by atoms with E-state index in [4.69, 9.17) is 9.84 Å². The number of hydrogen-bond donors (Lipinski definition) is 2. The minimum Gasteiger partial charge on any atom is -0.497 e. The van der Waals surface area contributed by atoms with Gasteiger partial charge in [-0.2, -0.15) is 0 Å². The van der Waals surface area contributed by atoms with E-state index in [9.17, 15) is 9.59 Å². The number of rotatable bonds is 8. The molecule has 1 aromatic carbocycles. The predicted octanol–water partition coefficient (Wildman–Crippen LogP) is 2.47. The van der Waals surface area contributed by atoms with Crippen LogP contribution in [0.15, 0.2) is 30.3 Å². The summed E-state index contributed by atoms with van der Waals surface area (Å²) in [5.74, 6) is -0.445. The third-order valence-corrected chi connectivity index (χ3v) is 2.95. The number of carboxylic acids is 1. The van der Waals surface area contributed by atoms with Crippen molar-refractivity contribution < 1.29 is 19.4 Å². The van der Waals surface area contributed by atoms with Crippen molar-refractivity contribution in [1.82, 2.24) is 5.32 Å². The first-order valence-corrected chi connectivity index (χ1v) is 6.89. The number of benzene rings is 1. The van der Waals surface area contributed by atoms with E-state index in [0.717, 1.165) is 17.7 Å². The van der Waals surface area contributed by atoms with Crippen molar-refractivity contribution in [2.75, 3.05) is 7.11 Å². The van der Waals surface area contributed by atoms with Crippen molar-refractivity contribution in [2.45, 2.75) is 32.2 Å². The van der Waals surface area contributed by atoms with Gasteiger partial charge in [0, 0.05) is 12.1 Å². The molecule has 0 spiro atoms. The van der Waals surface area contributed by atoms with E-state index >= 15 is 0 Å². The van der Waals surface area contributed by atoms with Crippen LogP contribution >= 0.6 is 0 Å². The van der Waals surface area contributed by atoms with Crippen LogP contribution in [-0.2, 0) is 9.59 Å². The molecule has 0 bridgehead atoms. The van der Waals surface area contributed by atoms with Gasteiger partial charge in [0.15, 0.2) is 0 Å².